The second-order valence-corrected chi connectivity index (χ2v) is 6.64. The van der Waals surface area contributed by atoms with Crippen LogP contribution in [0.25, 0.3) is 10.9 Å². The first-order valence-corrected chi connectivity index (χ1v) is 8.54. The van der Waals surface area contributed by atoms with Gasteiger partial charge in [0.05, 0.1) is 0 Å². The van der Waals surface area contributed by atoms with Crippen molar-refractivity contribution < 1.29 is 9.59 Å². The van der Waals surface area contributed by atoms with Gasteiger partial charge in [-0.15, -0.1) is 0 Å². The van der Waals surface area contributed by atoms with Crippen molar-refractivity contribution in [2.45, 2.75) is 46.6 Å². The second kappa shape index (κ2) is 7.96. The maximum atomic E-state index is 12.5. The van der Waals surface area contributed by atoms with Gasteiger partial charge in [-0.2, -0.15) is 0 Å². The van der Waals surface area contributed by atoms with E-state index in [1.165, 1.54) is 6.92 Å². The molecule has 0 saturated carbocycles. The number of aromatic amines is 1. The fourth-order valence-electron chi connectivity index (χ4n) is 2.75. The lowest BCUT2D eigenvalue weighted by atomic mass is 10.0. The van der Waals surface area contributed by atoms with Gasteiger partial charge in [0, 0.05) is 35.3 Å². The Morgan fingerprint density at radius 3 is 2.52 bits per heavy atom. The number of fused-ring (bicyclic) bond motifs is 1. The summed E-state index contributed by atoms with van der Waals surface area (Å²) in [5.74, 6) is -0.276. The van der Waals surface area contributed by atoms with E-state index in [1.807, 2.05) is 20.8 Å². The molecule has 0 saturated heterocycles. The van der Waals surface area contributed by atoms with E-state index in [-0.39, 0.29) is 23.2 Å². The third-order valence-corrected chi connectivity index (χ3v) is 3.94. The highest BCUT2D eigenvalue weighted by molar-refractivity contribution is 5.98. The van der Waals surface area contributed by atoms with Gasteiger partial charge in [-0.3, -0.25) is 14.4 Å². The molecule has 0 aliphatic carbocycles. The smallest absolute Gasteiger partial charge is 0.246 e. The zero-order valence-electron chi connectivity index (χ0n) is 15.1. The first-order chi connectivity index (χ1) is 11.8. The van der Waals surface area contributed by atoms with Gasteiger partial charge in [0.15, 0.2) is 5.43 Å². The van der Waals surface area contributed by atoms with Gasteiger partial charge in [-0.05, 0) is 37.0 Å². The third kappa shape index (κ3) is 4.92. The van der Waals surface area contributed by atoms with Gasteiger partial charge in [0.25, 0.3) is 0 Å². The quantitative estimate of drug-likeness (QED) is 0.753. The van der Waals surface area contributed by atoms with Crippen LogP contribution in [0.1, 0.15) is 39.8 Å². The maximum absolute atomic E-state index is 12.5. The summed E-state index contributed by atoms with van der Waals surface area (Å²) in [5, 5.41) is 5.99. The van der Waals surface area contributed by atoms with Gasteiger partial charge >= 0.3 is 0 Å². The number of carbonyl (C=O) groups is 2. The van der Waals surface area contributed by atoms with Crippen LogP contribution < -0.4 is 16.1 Å². The minimum atomic E-state index is -0.603. The fourth-order valence-corrected chi connectivity index (χ4v) is 2.75. The highest BCUT2D eigenvalue weighted by atomic mass is 16.2. The Hall–Kier alpha value is -2.63. The highest BCUT2D eigenvalue weighted by Crippen LogP contribution is 2.16. The summed E-state index contributed by atoms with van der Waals surface area (Å²) in [4.78, 5) is 39.3. The summed E-state index contributed by atoms with van der Waals surface area (Å²) >= 11 is 0. The Balaban J connectivity index is 2.26. The molecule has 1 heterocycles. The molecular weight excluding hydrogens is 318 g/mol. The molecule has 0 unspecified atom stereocenters. The Bertz CT molecular complexity index is 839. The van der Waals surface area contributed by atoms with Crippen molar-refractivity contribution in [1.82, 2.24) is 10.3 Å². The molecule has 6 heteroatoms. The molecular formula is C19H25N3O3. The standard InChI is InChI=1S/C19H25N3O3/c1-5-13-10-18(24)15-9-14(6-7-16(15)21-13)22-19(25)17(8-11(2)3)20-12(4)23/h6-7,9-11,17H,5,8H2,1-4H3,(H,20,23)(H,21,24)(H,22,25)/t17-/m0/s1. The van der Waals surface area contributed by atoms with E-state index in [0.29, 0.717) is 17.5 Å². The highest BCUT2D eigenvalue weighted by Gasteiger charge is 2.21. The molecule has 2 aromatic rings. The summed E-state index contributed by atoms with van der Waals surface area (Å²) in [6.07, 6.45) is 1.29. The second-order valence-electron chi connectivity index (χ2n) is 6.64. The van der Waals surface area contributed by atoms with Crippen molar-refractivity contribution in [3.8, 4) is 0 Å². The number of hydrogen-bond donors (Lipinski definition) is 3. The molecule has 0 radical (unpaired) electrons. The van der Waals surface area contributed by atoms with E-state index >= 15 is 0 Å². The molecule has 2 rings (SSSR count). The minimum Gasteiger partial charge on any atom is -0.358 e. The molecule has 0 spiro atoms. The third-order valence-electron chi connectivity index (χ3n) is 3.94. The minimum absolute atomic E-state index is 0.0812. The van der Waals surface area contributed by atoms with E-state index in [2.05, 4.69) is 15.6 Å². The molecule has 0 aliphatic rings. The molecule has 1 aromatic carbocycles. The van der Waals surface area contributed by atoms with Gasteiger partial charge in [0.1, 0.15) is 6.04 Å². The number of nitrogens with one attached hydrogen (secondary N) is 3. The van der Waals surface area contributed by atoms with Crippen LogP contribution in [-0.4, -0.2) is 22.8 Å². The van der Waals surface area contributed by atoms with Crippen LogP contribution in [0.4, 0.5) is 5.69 Å². The summed E-state index contributed by atoms with van der Waals surface area (Å²) in [7, 11) is 0. The predicted octanol–water partition coefficient (Wildman–Crippen LogP) is 2.58. The number of H-pyrrole nitrogens is 1. The number of amides is 2. The molecule has 1 aromatic heterocycles. The van der Waals surface area contributed by atoms with E-state index in [4.69, 9.17) is 0 Å². The van der Waals surface area contributed by atoms with Crippen LogP contribution in [0.2, 0.25) is 0 Å². The number of aryl methyl sites for hydroxylation is 1. The monoisotopic (exact) mass is 343 g/mol. The molecule has 0 bridgehead atoms. The number of anilines is 1. The normalized spacial score (nSPS) is 12.2. The number of rotatable bonds is 6. The van der Waals surface area contributed by atoms with Crippen LogP contribution in [-0.2, 0) is 16.0 Å². The van der Waals surface area contributed by atoms with Crippen LogP contribution in [0.15, 0.2) is 29.1 Å². The Kier molecular flexibility index (Phi) is 5.96. The molecule has 0 aliphatic heterocycles. The van der Waals surface area contributed by atoms with Crippen LogP contribution in [0.5, 0.6) is 0 Å². The van der Waals surface area contributed by atoms with Gasteiger partial charge in [0.2, 0.25) is 11.8 Å². The number of hydrogen-bond acceptors (Lipinski definition) is 3. The number of aromatic nitrogens is 1. The lowest BCUT2D eigenvalue weighted by molar-refractivity contribution is -0.125. The van der Waals surface area contributed by atoms with Crippen molar-refractivity contribution in [2.24, 2.45) is 5.92 Å². The van der Waals surface area contributed by atoms with Crippen molar-refractivity contribution >= 4 is 28.4 Å². The zero-order valence-corrected chi connectivity index (χ0v) is 15.1. The van der Waals surface area contributed by atoms with Crippen molar-refractivity contribution in [1.29, 1.82) is 0 Å². The van der Waals surface area contributed by atoms with Crippen molar-refractivity contribution in [2.75, 3.05) is 5.32 Å². The molecule has 1 atom stereocenters. The summed E-state index contributed by atoms with van der Waals surface area (Å²) in [6.45, 7) is 7.34. The lowest BCUT2D eigenvalue weighted by Gasteiger charge is -2.19. The summed E-state index contributed by atoms with van der Waals surface area (Å²) < 4.78 is 0. The summed E-state index contributed by atoms with van der Waals surface area (Å²) in [5.41, 5.74) is 2.06. The van der Waals surface area contributed by atoms with E-state index in [1.54, 1.807) is 24.3 Å². The van der Waals surface area contributed by atoms with Crippen LogP contribution >= 0.6 is 0 Å². The predicted molar refractivity (Wildman–Crippen MR) is 99.6 cm³/mol. The molecule has 2 amide bonds. The van der Waals surface area contributed by atoms with Crippen LogP contribution in [0.3, 0.4) is 0 Å². The Morgan fingerprint density at radius 2 is 1.92 bits per heavy atom. The Morgan fingerprint density at radius 1 is 1.20 bits per heavy atom. The van der Waals surface area contributed by atoms with Gasteiger partial charge in [-0.1, -0.05) is 20.8 Å². The van der Waals surface area contributed by atoms with E-state index in [9.17, 15) is 14.4 Å². The van der Waals surface area contributed by atoms with Crippen molar-refractivity contribution in [3.05, 3.63) is 40.2 Å². The van der Waals surface area contributed by atoms with E-state index in [0.717, 1.165) is 17.6 Å². The average Bonchev–Trinajstić information content (AvgIpc) is 2.53. The zero-order chi connectivity index (χ0) is 18.6. The van der Waals surface area contributed by atoms with Crippen LogP contribution in [0, 0.1) is 5.92 Å². The first-order valence-electron chi connectivity index (χ1n) is 8.54. The lowest BCUT2D eigenvalue weighted by Crippen LogP contribution is -2.43. The fraction of sp³-hybridized carbons (Fsp3) is 0.421. The number of pyridine rings is 1. The SMILES string of the molecule is CCc1cc(=O)c2cc(NC(=O)[C@H](CC(C)C)NC(C)=O)ccc2[nH]1. The largest absolute Gasteiger partial charge is 0.358 e. The maximum Gasteiger partial charge on any atom is 0.246 e. The molecule has 25 heavy (non-hydrogen) atoms. The topological polar surface area (TPSA) is 91.1 Å². The Labute approximate surface area is 147 Å². The van der Waals surface area contributed by atoms with Gasteiger partial charge < -0.3 is 15.6 Å². The molecule has 0 fully saturated rings. The number of carbonyl (C=O) groups excluding carboxylic acids is 2. The van der Waals surface area contributed by atoms with E-state index < -0.39 is 6.04 Å². The summed E-state index contributed by atoms with van der Waals surface area (Å²) in [6, 6.07) is 6.16. The molecule has 134 valence electrons. The number of benzene rings is 1. The first kappa shape index (κ1) is 18.7. The molecule has 3 N–H and O–H groups in total. The van der Waals surface area contributed by atoms with Gasteiger partial charge in [-0.25, -0.2) is 0 Å². The molecule has 6 nitrogen and oxygen atoms in total. The average molecular weight is 343 g/mol. The van der Waals surface area contributed by atoms with Crippen molar-refractivity contribution in [3.63, 3.8) is 0 Å².